The van der Waals surface area contributed by atoms with Crippen LogP contribution in [0.15, 0.2) is 21.6 Å². The molecule has 1 aliphatic rings. The van der Waals surface area contributed by atoms with Gasteiger partial charge < -0.3 is 5.32 Å². The molecule has 0 aliphatic carbocycles. The predicted octanol–water partition coefficient (Wildman–Crippen LogP) is 5.00. The van der Waals surface area contributed by atoms with Gasteiger partial charge in [0.2, 0.25) is 0 Å². The molecule has 0 amide bonds. The summed E-state index contributed by atoms with van der Waals surface area (Å²) in [6, 6.07) is 4.80. The van der Waals surface area contributed by atoms with Gasteiger partial charge in [-0.2, -0.15) is 0 Å². The van der Waals surface area contributed by atoms with Crippen LogP contribution in [0.3, 0.4) is 0 Å². The number of rotatable bonds is 3. The van der Waals surface area contributed by atoms with Crippen LogP contribution < -0.4 is 5.32 Å². The van der Waals surface area contributed by atoms with Crippen molar-refractivity contribution < 1.29 is 0 Å². The van der Waals surface area contributed by atoms with E-state index in [-0.39, 0.29) is 0 Å². The molecule has 0 fully saturated rings. The van der Waals surface area contributed by atoms with E-state index >= 15 is 0 Å². The second-order valence-corrected chi connectivity index (χ2v) is 7.46. The fourth-order valence-corrected chi connectivity index (χ4v) is 4.06. The Morgan fingerprint density at radius 2 is 2.16 bits per heavy atom. The minimum absolute atomic E-state index is 0.469. The number of aryl methyl sites for hydroxylation is 2. The standard InChI is InChI=1S/C15H21BrN2S/c1-9(2)5-12-8-19-15(17-12)18-14-11(4)6-10(3)7-13(14)16/h6-7,9,12H,5,8H2,1-4H3,(H,17,18). The monoisotopic (exact) mass is 340 g/mol. The Kier molecular flexibility index (Phi) is 4.96. The lowest BCUT2D eigenvalue weighted by atomic mass is 10.1. The Labute approximate surface area is 128 Å². The molecular formula is C15H21BrN2S. The summed E-state index contributed by atoms with van der Waals surface area (Å²) in [5, 5.41) is 4.53. The smallest absolute Gasteiger partial charge is 0.161 e. The first kappa shape index (κ1) is 14.9. The van der Waals surface area contributed by atoms with Crippen molar-refractivity contribution in [1.82, 2.24) is 0 Å². The maximum atomic E-state index is 4.78. The third-order valence-corrected chi connectivity index (χ3v) is 4.78. The van der Waals surface area contributed by atoms with E-state index in [1.165, 1.54) is 17.5 Å². The van der Waals surface area contributed by atoms with E-state index < -0.39 is 0 Å². The SMILES string of the molecule is Cc1cc(C)c(NC2=NC(CC(C)C)CS2)c(Br)c1. The van der Waals surface area contributed by atoms with Gasteiger partial charge in [-0.1, -0.05) is 31.7 Å². The van der Waals surface area contributed by atoms with E-state index in [2.05, 4.69) is 61.1 Å². The van der Waals surface area contributed by atoms with Gasteiger partial charge in [0.1, 0.15) is 0 Å². The summed E-state index contributed by atoms with van der Waals surface area (Å²) in [5.41, 5.74) is 3.66. The van der Waals surface area contributed by atoms with Gasteiger partial charge in [0.25, 0.3) is 0 Å². The zero-order valence-corrected chi connectivity index (χ0v) is 14.4. The first-order chi connectivity index (χ1) is 8.95. The van der Waals surface area contributed by atoms with Gasteiger partial charge in [0.05, 0.1) is 11.7 Å². The molecule has 104 valence electrons. The molecule has 19 heavy (non-hydrogen) atoms. The van der Waals surface area contributed by atoms with E-state index in [1.807, 2.05) is 11.8 Å². The van der Waals surface area contributed by atoms with Crippen LogP contribution in [0.4, 0.5) is 5.69 Å². The first-order valence-corrected chi connectivity index (χ1v) is 8.48. The van der Waals surface area contributed by atoms with E-state index in [0.717, 1.165) is 21.1 Å². The van der Waals surface area contributed by atoms with E-state index in [9.17, 15) is 0 Å². The molecule has 0 radical (unpaired) electrons. The van der Waals surface area contributed by atoms with Crippen molar-refractivity contribution in [3.8, 4) is 0 Å². The Hall–Kier alpha value is -0.480. The maximum absolute atomic E-state index is 4.78. The lowest BCUT2D eigenvalue weighted by Gasteiger charge is -2.12. The lowest BCUT2D eigenvalue weighted by molar-refractivity contribution is 0.529. The molecule has 0 saturated heterocycles. The van der Waals surface area contributed by atoms with Crippen LogP contribution in [0.5, 0.6) is 0 Å². The Balaban J connectivity index is 2.10. The zero-order valence-electron chi connectivity index (χ0n) is 12.0. The summed E-state index contributed by atoms with van der Waals surface area (Å²) < 4.78 is 1.11. The predicted molar refractivity (Wildman–Crippen MR) is 90.4 cm³/mol. The van der Waals surface area contributed by atoms with Gasteiger partial charge in [-0.15, -0.1) is 0 Å². The highest BCUT2D eigenvalue weighted by Crippen LogP contribution is 2.31. The van der Waals surface area contributed by atoms with Gasteiger partial charge in [-0.25, -0.2) is 0 Å². The summed E-state index contributed by atoms with van der Waals surface area (Å²) in [7, 11) is 0. The number of benzene rings is 1. The average molecular weight is 341 g/mol. The largest absolute Gasteiger partial charge is 0.334 e. The number of hydrogen-bond acceptors (Lipinski definition) is 3. The second-order valence-electron chi connectivity index (χ2n) is 5.59. The van der Waals surface area contributed by atoms with Crippen LogP contribution in [0, 0.1) is 19.8 Å². The third-order valence-electron chi connectivity index (χ3n) is 3.12. The van der Waals surface area contributed by atoms with Gasteiger partial charge in [-0.3, -0.25) is 4.99 Å². The Morgan fingerprint density at radius 3 is 2.79 bits per heavy atom. The molecule has 1 heterocycles. The highest BCUT2D eigenvalue weighted by molar-refractivity contribution is 9.10. The molecule has 0 bridgehead atoms. The number of aliphatic imine (C=N–C) groups is 1. The number of hydrogen-bond donors (Lipinski definition) is 1. The molecule has 1 aliphatic heterocycles. The summed E-state index contributed by atoms with van der Waals surface area (Å²) >= 11 is 5.46. The molecule has 0 aromatic heterocycles. The molecule has 1 N–H and O–H groups in total. The van der Waals surface area contributed by atoms with E-state index in [1.54, 1.807) is 0 Å². The summed E-state index contributed by atoms with van der Waals surface area (Å²) in [6.45, 7) is 8.76. The minimum atomic E-state index is 0.469. The number of thioether (sulfide) groups is 1. The average Bonchev–Trinajstić information content (AvgIpc) is 2.70. The topological polar surface area (TPSA) is 24.4 Å². The molecule has 1 aromatic carbocycles. The van der Waals surface area contributed by atoms with Crippen molar-refractivity contribution in [3.63, 3.8) is 0 Å². The van der Waals surface area contributed by atoms with Crippen LogP contribution in [0.1, 0.15) is 31.4 Å². The number of anilines is 1. The van der Waals surface area contributed by atoms with Crippen molar-refractivity contribution in [2.75, 3.05) is 11.1 Å². The van der Waals surface area contributed by atoms with Crippen LogP contribution in [0.2, 0.25) is 0 Å². The molecule has 4 heteroatoms. The Morgan fingerprint density at radius 1 is 1.42 bits per heavy atom. The van der Waals surface area contributed by atoms with Crippen molar-refractivity contribution in [2.24, 2.45) is 10.9 Å². The van der Waals surface area contributed by atoms with E-state index in [4.69, 9.17) is 4.99 Å². The maximum Gasteiger partial charge on any atom is 0.161 e. The molecule has 2 rings (SSSR count). The number of halogens is 1. The van der Waals surface area contributed by atoms with Gasteiger partial charge in [0.15, 0.2) is 5.17 Å². The van der Waals surface area contributed by atoms with Crippen molar-refractivity contribution in [1.29, 1.82) is 0 Å². The lowest BCUT2D eigenvalue weighted by Crippen LogP contribution is -2.09. The molecular weight excluding hydrogens is 320 g/mol. The minimum Gasteiger partial charge on any atom is -0.334 e. The van der Waals surface area contributed by atoms with Crippen LogP contribution in [-0.4, -0.2) is 17.0 Å². The zero-order chi connectivity index (χ0) is 14.0. The highest BCUT2D eigenvalue weighted by Gasteiger charge is 2.20. The molecule has 0 spiro atoms. The molecule has 1 unspecified atom stereocenters. The second kappa shape index (κ2) is 6.31. The summed E-state index contributed by atoms with van der Waals surface area (Å²) in [6.07, 6.45) is 1.17. The van der Waals surface area contributed by atoms with Gasteiger partial charge in [0, 0.05) is 10.2 Å². The van der Waals surface area contributed by atoms with E-state index in [0.29, 0.717) is 12.0 Å². The molecule has 1 aromatic rings. The third kappa shape index (κ3) is 3.99. The van der Waals surface area contributed by atoms with Crippen molar-refractivity contribution in [2.45, 2.75) is 40.2 Å². The fraction of sp³-hybridized carbons (Fsp3) is 0.533. The molecule has 2 nitrogen and oxygen atoms in total. The van der Waals surface area contributed by atoms with Crippen LogP contribution >= 0.6 is 27.7 Å². The van der Waals surface area contributed by atoms with Crippen molar-refractivity contribution in [3.05, 3.63) is 27.7 Å². The summed E-state index contributed by atoms with van der Waals surface area (Å²) in [5.74, 6) is 1.81. The summed E-state index contributed by atoms with van der Waals surface area (Å²) in [4.78, 5) is 4.78. The first-order valence-electron chi connectivity index (χ1n) is 6.70. The van der Waals surface area contributed by atoms with Crippen LogP contribution in [-0.2, 0) is 0 Å². The number of nitrogens with zero attached hydrogens (tertiary/aromatic N) is 1. The molecule has 1 atom stereocenters. The highest BCUT2D eigenvalue weighted by atomic mass is 79.9. The van der Waals surface area contributed by atoms with Gasteiger partial charge >= 0.3 is 0 Å². The number of nitrogens with one attached hydrogen (secondary N) is 1. The van der Waals surface area contributed by atoms with Gasteiger partial charge in [-0.05, 0) is 59.3 Å². The van der Waals surface area contributed by atoms with Crippen LogP contribution in [0.25, 0.3) is 0 Å². The quantitative estimate of drug-likeness (QED) is 0.837. The number of amidine groups is 1. The normalized spacial score (nSPS) is 18.8. The molecule has 0 saturated carbocycles. The Bertz CT molecular complexity index is 474. The van der Waals surface area contributed by atoms with Crippen molar-refractivity contribution >= 4 is 38.5 Å². The fourth-order valence-electron chi connectivity index (χ4n) is 2.33.